The number of fused-ring (bicyclic) bond motifs is 1. The number of guanidine groups is 1. The zero-order valence-corrected chi connectivity index (χ0v) is 18.6. The number of nitrogens with zero attached hydrogens (tertiary/aromatic N) is 4. The molecule has 7 heteroatoms. The van der Waals surface area contributed by atoms with Gasteiger partial charge in [-0.3, -0.25) is 19.5 Å². The van der Waals surface area contributed by atoms with E-state index in [-0.39, 0.29) is 11.8 Å². The van der Waals surface area contributed by atoms with Crippen molar-refractivity contribution >= 4 is 17.8 Å². The van der Waals surface area contributed by atoms with Crippen LogP contribution in [0.4, 0.5) is 0 Å². The molecule has 2 aliphatic rings. The maximum atomic E-state index is 12.4. The molecule has 1 aromatic carbocycles. The molecule has 0 aliphatic carbocycles. The normalized spacial score (nSPS) is 19.2. The number of nitrogens with one attached hydrogen (secondary N) is 1. The molecule has 2 heterocycles. The average molecular weight is 414 g/mol. The lowest BCUT2D eigenvalue weighted by Gasteiger charge is -2.24. The van der Waals surface area contributed by atoms with Crippen LogP contribution in [-0.4, -0.2) is 85.3 Å². The van der Waals surface area contributed by atoms with Gasteiger partial charge in [0.05, 0.1) is 11.1 Å². The van der Waals surface area contributed by atoms with Crippen LogP contribution >= 0.6 is 0 Å². The molecule has 1 N–H and O–H groups in total. The van der Waals surface area contributed by atoms with Gasteiger partial charge in [-0.15, -0.1) is 0 Å². The van der Waals surface area contributed by atoms with Gasteiger partial charge in [0.25, 0.3) is 11.8 Å². The first-order chi connectivity index (χ1) is 14.6. The molecule has 1 atom stereocenters. The monoisotopic (exact) mass is 413 g/mol. The summed E-state index contributed by atoms with van der Waals surface area (Å²) in [5.74, 6) is 1.31. The second-order valence-corrected chi connectivity index (χ2v) is 8.08. The van der Waals surface area contributed by atoms with Crippen LogP contribution in [0.25, 0.3) is 0 Å². The minimum Gasteiger partial charge on any atom is -0.356 e. The Bertz CT molecular complexity index is 740. The first-order valence-corrected chi connectivity index (χ1v) is 11.2. The van der Waals surface area contributed by atoms with E-state index in [0.29, 0.717) is 23.6 Å². The molecule has 0 radical (unpaired) electrons. The van der Waals surface area contributed by atoms with E-state index in [1.807, 2.05) is 7.05 Å². The van der Waals surface area contributed by atoms with E-state index in [9.17, 15) is 9.59 Å². The molecule has 2 aliphatic heterocycles. The summed E-state index contributed by atoms with van der Waals surface area (Å²) in [5.41, 5.74) is 1.05. The Kier molecular flexibility index (Phi) is 7.85. The quantitative estimate of drug-likeness (QED) is 0.291. The first kappa shape index (κ1) is 22.3. The molecule has 2 amide bonds. The van der Waals surface area contributed by atoms with Crippen LogP contribution in [0.3, 0.4) is 0 Å². The van der Waals surface area contributed by atoms with E-state index in [2.05, 4.69) is 34.0 Å². The summed E-state index contributed by atoms with van der Waals surface area (Å²) >= 11 is 0. The zero-order chi connectivity index (χ0) is 21.5. The fourth-order valence-corrected chi connectivity index (χ4v) is 4.39. The summed E-state index contributed by atoms with van der Waals surface area (Å²) in [7, 11) is 1.83. The highest BCUT2D eigenvalue weighted by molar-refractivity contribution is 6.21. The van der Waals surface area contributed by atoms with Crippen molar-refractivity contribution in [1.29, 1.82) is 0 Å². The smallest absolute Gasteiger partial charge is 0.261 e. The number of likely N-dealkylation sites (tertiary alicyclic amines) is 1. The number of unbranched alkanes of at least 4 members (excludes halogenated alkanes) is 1. The Hall–Kier alpha value is -2.41. The topological polar surface area (TPSA) is 68.2 Å². The number of amides is 2. The zero-order valence-electron chi connectivity index (χ0n) is 18.6. The lowest BCUT2D eigenvalue weighted by atomic mass is 10.1. The number of rotatable bonds is 9. The van der Waals surface area contributed by atoms with Gasteiger partial charge >= 0.3 is 0 Å². The van der Waals surface area contributed by atoms with E-state index in [4.69, 9.17) is 0 Å². The number of carbonyl (C=O) groups excluding carboxylic acids is 2. The summed E-state index contributed by atoms with van der Waals surface area (Å²) in [6, 6.07) is 7.05. The predicted molar refractivity (Wildman–Crippen MR) is 120 cm³/mol. The minimum atomic E-state index is -0.171. The average Bonchev–Trinajstić information content (AvgIpc) is 3.33. The van der Waals surface area contributed by atoms with Crippen molar-refractivity contribution in [3.05, 3.63) is 35.4 Å². The molecule has 0 bridgehead atoms. The molecule has 0 aromatic heterocycles. The third kappa shape index (κ3) is 5.01. The molecular formula is C23H35N5O2. The van der Waals surface area contributed by atoms with Crippen LogP contribution in [0.1, 0.15) is 53.8 Å². The highest BCUT2D eigenvalue weighted by Gasteiger charge is 2.34. The van der Waals surface area contributed by atoms with E-state index in [1.165, 1.54) is 11.3 Å². The summed E-state index contributed by atoms with van der Waals surface area (Å²) in [6.45, 7) is 11.1. The van der Waals surface area contributed by atoms with Crippen LogP contribution in [0, 0.1) is 5.92 Å². The van der Waals surface area contributed by atoms with Crippen LogP contribution in [0.5, 0.6) is 0 Å². The van der Waals surface area contributed by atoms with Crippen molar-refractivity contribution in [3.63, 3.8) is 0 Å². The van der Waals surface area contributed by atoms with Crippen LogP contribution in [-0.2, 0) is 0 Å². The number of imide groups is 1. The van der Waals surface area contributed by atoms with Gasteiger partial charge in [-0.05, 0) is 50.4 Å². The second kappa shape index (κ2) is 10.6. The highest BCUT2D eigenvalue weighted by Crippen LogP contribution is 2.22. The number of carbonyl (C=O) groups is 2. The maximum Gasteiger partial charge on any atom is 0.261 e. The first-order valence-electron chi connectivity index (χ1n) is 11.2. The molecule has 30 heavy (non-hydrogen) atoms. The van der Waals surface area contributed by atoms with Crippen molar-refractivity contribution in [2.45, 2.75) is 33.1 Å². The van der Waals surface area contributed by atoms with Crippen LogP contribution in [0.15, 0.2) is 29.3 Å². The number of aliphatic imine (C=N–C) groups is 1. The molecule has 3 rings (SSSR count). The highest BCUT2D eigenvalue weighted by atomic mass is 16.2. The van der Waals surface area contributed by atoms with Gasteiger partial charge in [0.2, 0.25) is 0 Å². The molecule has 0 saturated carbocycles. The van der Waals surface area contributed by atoms with E-state index >= 15 is 0 Å². The lowest BCUT2D eigenvalue weighted by molar-refractivity contribution is 0.0652. The van der Waals surface area contributed by atoms with Gasteiger partial charge in [0.15, 0.2) is 5.96 Å². The maximum absolute atomic E-state index is 12.4. The molecule has 1 fully saturated rings. The molecule has 1 aromatic rings. The lowest BCUT2D eigenvalue weighted by Crippen LogP contribution is -2.41. The molecule has 1 unspecified atom stereocenters. The third-order valence-corrected chi connectivity index (χ3v) is 6.18. The minimum absolute atomic E-state index is 0.171. The van der Waals surface area contributed by atoms with Crippen molar-refractivity contribution in [1.82, 2.24) is 20.0 Å². The van der Waals surface area contributed by atoms with Crippen molar-refractivity contribution < 1.29 is 9.59 Å². The van der Waals surface area contributed by atoms with Gasteiger partial charge < -0.3 is 15.1 Å². The fraction of sp³-hybridized carbons (Fsp3) is 0.609. The van der Waals surface area contributed by atoms with Crippen LogP contribution in [0.2, 0.25) is 0 Å². The third-order valence-electron chi connectivity index (χ3n) is 6.18. The van der Waals surface area contributed by atoms with E-state index in [1.54, 1.807) is 24.3 Å². The standard InChI is InChI=1S/C23H35N5O2/c1-4-26(5-2)16-18-12-15-27(17-18)23(24-3)25-13-8-9-14-28-21(29)19-10-6-7-11-20(19)22(28)30/h6-7,10-11,18H,4-5,8-9,12-17H2,1-3H3,(H,24,25). The Morgan fingerprint density at radius 3 is 2.40 bits per heavy atom. The largest absolute Gasteiger partial charge is 0.356 e. The Morgan fingerprint density at radius 1 is 1.13 bits per heavy atom. The van der Waals surface area contributed by atoms with Crippen molar-refractivity contribution in [3.8, 4) is 0 Å². The van der Waals surface area contributed by atoms with Crippen molar-refractivity contribution in [2.75, 3.05) is 52.9 Å². The molecule has 0 spiro atoms. The Balaban J connectivity index is 1.38. The fourth-order valence-electron chi connectivity index (χ4n) is 4.39. The summed E-state index contributed by atoms with van der Waals surface area (Å²) in [5, 5.41) is 3.45. The van der Waals surface area contributed by atoms with Crippen LogP contribution < -0.4 is 5.32 Å². The molecule has 7 nitrogen and oxygen atoms in total. The van der Waals surface area contributed by atoms with E-state index < -0.39 is 0 Å². The second-order valence-electron chi connectivity index (χ2n) is 8.08. The molecule has 1 saturated heterocycles. The summed E-state index contributed by atoms with van der Waals surface area (Å²) in [4.78, 5) is 35.5. The Labute approximate surface area is 180 Å². The Morgan fingerprint density at radius 2 is 1.80 bits per heavy atom. The van der Waals surface area contributed by atoms with Gasteiger partial charge in [0.1, 0.15) is 0 Å². The SMILES string of the molecule is CCN(CC)CC1CCN(C(=NC)NCCCCN2C(=O)c3ccccc3C2=O)C1. The summed E-state index contributed by atoms with van der Waals surface area (Å²) in [6.07, 6.45) is 2.86. The van der Waals surface area contributed by atoms with Gasteiger partial charge in [0, 0.05) is 39.8 Å². The molecular weight excluding hydrogens is 378 g/mol. The molecule has 164 valence electrons. The van der Waals surface area contributed by atoms with E-state index in [0.717, 1.165) is 58.1 Å². The predicted octanol–water partition coefficient (Wildman–Crippen LogP) is 2.30. The number of hydrogen-bond acceptors (Lipinski definition) is 4. The van der Waals surface area contributed by atoms with Gasteiger partial charge in [-0.1, -0.05) is 26.0 Å². The van der Waals surface area contributed by atoms with Gasteiger partial charge in [-0.2, -0.15) is 0 Å². The van der Waals surface area contributed by atoms with Gasteiger partial charge in [-0.25, -0.2) is 0 Å². The summed E-state index contributed by atoms with van der Waals surface area (Å²) < 4.78 is 0. The number of benzene rings is 1. The number of hydrogen-bond donors (Lipinski definition) is 1. The van der Waals surface area contributed by atoms with Crippen molar-refractivity contribution in [2.24, 2.45) is 10.9 Å².